The van der Waals surface area contributed by atoms with Gasteiger partial charge in [-0.1, -0.05) is 73.3 Å². The molecule has 0 spiro atoms. The maximum absolute atomic E-state index is 16.9. The maximum Gasteiger partial charge on any atom is 0.316 e. The SMILES string of the molecule is C=C1CCCc2ccccc2N1C1=C(C(=O)NCCN(C)C)C(F)(F)C(=C=O)C(c2ccccc2)=C1C(=O)Nc1ccccc1.Cl. The lowest BCUT2D eigenvalue weighted by molar-refractivity contribution is -0.120. The number of para-hydroxylation sites is 2. The van der Waals surface area contributed by atoms with E-state index >= 15 is 8.78 Å². The fraction of sp³-hybridized carbons (Fsp3) is 0.222. The van der Waals surface area contributed by atoms with E-state index < -0.39 is 28.9 Å². The van der Waals surface area contributed by atoms with E-state index in [0.29, 0.717) is 42.9 Å². The van der Waals surface area contributed by atoms with Crippen molar-refractivity contribution in [3.8, 4) is 0 Å². The minimum atomic E-state index is -4.12. The number of rotatable bonds is 8. The zero-order valence-electron chi connectivity index (χ0n) is 25.6. The number of anilines is 2. The molecule has 0 unspecified atom stereocenters. The van der Waals surface area contributed by atoms with E-state index in [9.17, 15) is 14.4 Å². The van der Waals surface area contributed by atoms with Gasteiger partial charge in [-0.25, -0.2) is 4.79 Å². The third-order valence-electron chi connectivity index (χ3n) is 7.78. The van der Waals surface area contributed by atoms with Crippen LogP contribution in [0.5, 0.6) is 0 Å². The Morgan fingerprint density at radius 3 is 2.22 bits per heavy atom. The van der Waals surface area contributed by atoms with Gasteiger partial charge >= 0.3 is 5.92 Å². The molecule has 46 heavy (non-hydrogen) atoms. The number of hydrogen-bond acceptors (Lipinski definition) is 5. The van der Waals surface area contributed by atoms with E-state index in [2.05, 4.69) is 17.2 Å². The average molecular weight is 645 g/mol. The molecule has 0 bridgehead atoms. The fourth-order valence-corrected chi connectivity index (χ4v) is 5.68. The van der Waals surface area contributed by atoms with Crippen molar-refractivity contribution in [1.82, 2.24) is 10.2 Å². The number of fused-ring (bicyclic) bond motifs is 1. The number of halogens is 3. The molecule has 2 aliphatic rings. The van der Waals surface area contributed by atoms with E-state index in [0.717, 1.165) is 5.56 Å². The summed E-state index contributed by atoms with van der Waals surface area (Å²) in [5, 5.41) is 5.41. The summed E-state index contributed by atoms with van der Waals surface area (Å²) in [4.78, 5) is 44.3. The first-order chi connectivity index (χ1) is 21.6. The van der Waals surface area contributed by atoms with Crippen LogP contribution in [0.3, 0.4) is 0 Å². The van der Waals surface area contributed by atoms with Crippen LogP contribution in [0.1, 0.15) is 24.0 Å². The van der Waals surface area contributed by atoms with Gasteiger partial charge in [0.15, 0.2) is 0 Å². The van der Waals surface area contributed by atoms with E-state index in [1.54, 1.807) is 91.8 Å². The standard InChI is InChI=1S/C36H34F2N4O3.ClH/c1-24-13-12-17-25-14-10-11-20-29(25)42(24)33-31(34(44)40-27-18-8-5-9-19-27)30(26-15-6-4-7-16-26)28(23-43)36(37,38)32(33)35(45)39-21-22-41(2)3;/h4-11,14-16,18-20H,1,12-13,17,21-22H2,2-3H3,(H,39,45)(H,40,44);1H. The smallest absolute Gasteiger partial charge is 0.316 e. The molecule has 0 radical (unpaired) electrons. The summed E-state index contributed by atoms with van der Waals surface area (Å²) < 4.78 is 33.9. The Hall–Kier alpha value is -4.82. The number of nitrogens with one attached hydrogen (secondary N) is 2. The second-order valence-electron chi connectivity index (χ2n) is 11.2. The summed E-state index contributed by atoms with van der Waals surface area (Å²) in [6.45, 7) is 4.67. The highest BCUT2D eigenvalue weighted by Gasteiger charge is 2.54. The van der Waals surface area contributed by atoms with Crippen LogP contribution in [0.2, 0.25) is 0 Å². The monoisotopic (exact) mass is 644 g/mol. The van der Waals surface area contributed by atoms with Gasteiger partial charge in [0, 0.05) is 35.7 Å². The van der Waals surface area contributed by atoms with Gasteiger partial charge in [-0.05, 0) is 62.7 Å². The van der Waals surface area contributed by atoms with E-state index in [1.807, 2.05) is 12.1 Å². The molecule has 3 aromatic carbocycles. The molecule has 0 aromatic heterocycles. The first-order valence-electron chi connectivity index (χ1n) is 14.7. The van der Waals surface area contributed by atoms with Crippen LogP contribution in [0.4, 0.5) is 20.2 Å². The lowest BCUT2D eigenvalue weighted by Crippen LogP contribution is -2.45. The molecule has 238 valence electrons. The Morgan fingerprint density at radius 2 is 1.57 bits per heavy atom. The molecular formula is C36H35ClF2N4O3. The van der Waals surface area contributed by atoms with Gasteiger partial charge in [0.2, 0.25) is 0 Å². The minimum absolute atomic E-state index is 0. The predicted molar refractivity (Wildman–Crippen MR) is 179 cm³/mol. The average Bonchev–Trinajstić information content (AvgIpc) is 3.18. The number of nitrogens with zero attached hydrogens (tertiary/aromatic N) is 2. The maximum atomic E-state index is 16.9. The molecule has 1 heterocycles. The highest BCUT2D eigenvalue weighted by molar-refractivity contribution is 6.20. The zero-order valence-corrected chi connectivity index (χ0v) is 26.4. The second kappa shape index (κ2) is 14.5. The zero-order chi connectivity index (χ0) is 32.1. The van der Waals surface area contributed by atoms with Crippen LogP contribution in [0, 0.1) is 0 Å². The van der Waals surface area contributed by atoms with E-state index in [-0.39, 0.29) is 41.4 Å². The van der Waals surface area contributed by atoms with Crippen LogP contribution in [0.25, 0.3) is 5.57 Å². The topological polar surface area (TPSA) is 81.8 Å². The molecule has 0 saturated carbocycles. The third-order valence-corrected chi connectivity index (χ3v) is 7.78. The summed E-state index contributed by atoms with van der Waals surface area (Å²) >= 11 is 0. The number of amides is 2. The van der Waals surface area contributed by atoms with Gasteiger partial charge in [0.25, 0.3) is 11.8 Å². The number of carbonyl (C=O) groups is 2. The minimum Gasteiger partial charge on any atom is -0.351 e. The Morgan fingerprint density at radius 1 is 0.935 bits per heavy atom. The van der Waals surface area contributed by atoms with Crippen molar-refractivity contribution in [2.75, 3.05) is 37.4 Å². The molecule has 7 nitrogen and oxygen atoms in total. The highest BCUT2D eigenvalue weighted by atomic mass is 35.5. The van der Waals surface area contributed by atoms with Crippen LogP contribution < -0.4 is 15.5 Å². The number of hydrogen-bond donors (Lipinski definition) is 2. The molecule has 10 heteroatoms. The molecule has 1 aliphatic carbocycles. The van der Waals surface area contributed by atoms with Crippen molar-refractivity contribution in [3.63, 3.8) is 0 Å². The Kier molecular flexibility index (Phi) is 10.7. The number of alkyl halides is 2. The Labute approximate surface area is 273 Å². The van der Waals surface area contributed by atoms with Crippen LogP contribution in [-0.2, 0) is 20.8 Å². The molecular weight excluding hydrogens is 610 g/mol. The Balaban J connectivity index is 0.00000480. The van der Waals surface area contributed by atoms with Crippen molar-refractivity contribution in [2.24, 2.45) is 0 Å². The summed E-state index contributed by atoms with van der Waals surface area (Å²) in [5.74, 6) is -4.56. The number of allylic oxidation sites excluding steroid dienone is 3. The molecule has 3 aromatic rings. The van der Waals surface area contributed by atoms with Crippen molar-refractivity contribution in [2.45, 2.75) is 25.2 Å². The van der Waals surface area contributed by atoms with E-state index in [4.69, 9.17) is 0 Å². The van der Waals surface area contributed by atoms with Crippen molar-refractivity contribution < 1.29 is 23.2 Å². The number of likely N-dealkylation sites (N-methyl/N-ethyl adjacent to an activating group) is 1. The van der Waals surface area contributed by atoms with Gasteiger partial charge in [0.05, 0.1) is 11.3 Å². The summed E-state index contributed by atoms with van der Waals surface area (Å²) in [6, 6.07) is 23.9. The second-order valence-corrected chi connectivity index (χ2v) is 11.2. The predicted octanol–water partition coefficient (Wildman–Crippen LogP) is 6.20. The van der Waals surface area contributed by atoms with Crippen molar-refractivity contribution in [3.05, 3.63) is 131 Å². The van der Waals surface area contributed by atoms with Gasteiger partial charge in [-0.15, -0.1) is 12.4 Å². The van der Waals surface area contributed by atoms with Crippen LogP contribution in [0.15, 0.2) is 120 Å². The molecule has 5 rings (SSSR count). The quantitative estimate of drug-likeness (QED) is 0.286. The first kappa shape index (κ1) is 34.1. The lowest BCUT2D eigenvalue weighted by atomic mass is 9.78. The van der Waals surface area contributed by atoms with Gasteiger partial charge in [0.1, 0.15) is 17.1 Å². The molecule has 0 fully saturated rings. The number of aryl methyl sites for hydroxylation is 1. The van der Waals surface area contributed by atoms with Crippen molar-refractivity contribution in [1.29, 1.82) is 0 Å². The summed E-state index contributed by atoms with van der Waals surface area (Å²) in [7, 11) is 3.58. The first-order valence-corrected chi connectivity index (χ1v) is 14.7. The van der Waals surface area contributed by atoms with Gasteiger partial charge in [-0.3, -0.25) is 9.59 Å². The third kappa shape index (κ3) is 6.72. The van der Waals surface area contributed by atoms with Gasteiger partial charge < -0.3 is 20.4 Å². The Bertz CT molecular complexity index is 1750. The largest absolute Gasteiger partial charge is 0.351 e. The summed E-state index contributed by atoms with van der Waals surface area (Å²) in [5.41, 5.74) is -0.593. The van der Waals surface area contributed by atoms with Crippen molar-refractivity contribution >= 4 is 47.1 Å². The normalized spacial score (nSPS) is 15.9. The molecule has 1 aliphatic heterocycles. The molecule has 0 atom stereocenters. The number of carbonyl (C=O) groups excluding carboxylic acids is 3. The number of benzene rings is 3. The lowest BCUT2D eigenvalue weighted by Gasteiger charge is -2.38. The fourth-order valence-electron chi connectivity index (χ4n) is 5.68. The van der Waals surface area contributed by atoms with E-state index in [1.165, 1.54) is 10.8 Å². The molecule has 2 amide bonds. The van der Waals surface area contributed by atoms with Gasteiger partial charge in [-0.2, -0.15) is 8.78 Å². The molecule has 0 saturated heterocycles. The van der Waals surface area contributed by atoms with Crippen LogP contribution >= 0.6 is 12.4 Å². The summed E-state index contributed by atoms with van der Waals surface area (Å²) in [6.07, 6.45) is 1.74. The molecule has 2 N–H and O–H groups in total. The van der Waals surface area contributed by atoms with Crippen LogP contribution in [-0.4, -0.2) is 55.8 Å². The highest BCUT2D eigenvalue weighted by Crippen LogP contribution is 2.51.